The highest BCUT2D eigenvalue weighted by molar-refractivity contribution is 7.89. The first-order valence-electron chi connectivity index (χ1n) is 8.52. The molecule has 1 aromatic rings. The van der Waals surface area contributed by atoms with Crippen LogP contribution in [-0.2, 0) is 10.0 Å². The molecule has 1 saturated heterocycles. The smallest absolute Gasteiger partial charge is 0.241 e. The summed E-state index contributed by atoms with van der Waals surface area (Å²) in [4.78, 5) is 2.88. The van der Waals surface area contributed by atoms with Crippen molar-refractivity contribution in [2.75, 3.05) is 26.2 Å². The first kappa shape index (κ1) is 18.4. The number of nitrogens with one attached hydrogen (secondary N) is 1. The van der Waals surface area contributed by atoms with E-state index in [0.29, 0.717) is 17.4 Å². The number of benzene rings is 1. The van der Waals surface area contributed by atoms with E-state index < -0.39 is 10.0 Å². The molecule has 0 saturated carbocycles. The van der Waals surface area contributed by atoms with Crippen LogP contribution in [-0.4, -0.2) is 39.5 Å². The molecule has 0 aliphatic carbocycles. The van der Waals surface area contributed by atoms with Gasteiger partial charge in [-0.3, -0.25) is 0 Å². The molecule has 0 amide bonds. The number of hydrogen-bond acceptors (Lipinski definition) is 3. The zero-order chi connectivity index (χ0) is 17.2. The standard InChI is InChI=1S/C18H30N2O2S/c1-13(12-20-8-6-7-9-20)11-19-23(21,22)18-16(4)14(2)10-15(3)17(18)5/h10,13,19H,6-9,11-12H2,1-5H3. The first-order chi connectivity index (χ1) is 10.7. The third kappa shape index (κ3) is 4.34. The molecule has 4 nitrogen and oxygen atoms in total. The van der Waals surface area contributed by atoms with Crippen LogP contribution in [0.15, 0.2) is 11.0 Å². The monoisotopic (exact) mass is 338 g/mol. The van der Waals surface area contributed by atoms with Gasteiger partial charge in [-0.25, -0.2) is 13.1 Å². The molecule has 23 heavy (non-hydrogen) atoms. The quantitative estimate of drug-likeness (QED) is 0.867. The van der Waals surface area contributed by atoms with Crippen LogP contribution < -0.4 is 4.72 Å². The van der Waals surface area contributed by atoms with Gasteiger partial charge in [-0.2, -0.15) is 0 Å². The Morgan fingerprint density at radius 3 is 2.13 bits per heavy atom. The van der Waals surface area contributed by atoms with E-state index in [2.05, 4.69) is 22.6 Å². The maximum Gasteiger partial charge on any atom is 0.241 e. The van der Waals surface area contributed by atoms with Crippen molar-refractivity contribution in [2.45, 2.75) is 52.4 Å². The molecule has 130 valence electrons. The fourth-order valence-corrected chi connectivity index (χ4v) is 5.15. The van der Waals surface area contributed by atoms with Gasteiger partial charge in [-0.05, 0) is 81.8 Å². The lowest BCUT2D eigenvalue weighted by atomic mass is 10.0. The van der Waals surface area contributed by atoms with E-state index >= 15 is 0 Å². The molecule has 1 aromatic carbocycles. The number of nitrogens with zero attached hydrogens (tertiary/aromatic N) is 1. The van der Waals surface area contributed by atoms with Gasteiger partial charge in [0.1, 0.15) is 0 Å². The minimum absolute atomic E-state index is 0.314. The Kier molecular flexibility index (Phi) is 5.87. The average Bonchev–Trinajstić information content (AvgIpc) is 2.96. The van der Waals surface area contributed by atoms with Gasteiger partial charge in [0.25, 0.3) is 0 Å². The molecule has 1 aliphatic rings. The van der Waals surface area contributed by atoms with Crippen molar-refractivity contribution in [3.05, 3.63) is 28.3 Å². The Morgan fingerprint density at radius 2 is 1.61 bits per heavy atom. The lowest BCUT2D eigenvalue weighted by molar-refractivity contribution is 0.288. The third-order valence-corrected chi connectivity index (χ3v) is 6.65. The number of aryl methyl sites for hydroxylation is 2. The Balaban J connectivity index is 2.10. The van der Waals surface area contributed by atoms with Gasteiger partial charge in [-0.15, -0.1) is 0 Å². The Bertz CT molecular complexity index is 636. The lowest BCUT2D eigenvalue weighted by Gasteiger charge is -2.21. The summed E-state index contributed by atoms with van der Waals surface area (Å²) in [5, 5.41) is 0. The zero-order valence-corrected chi connectivity index (χ0v) is 15.9. The third-order valence-electron chi connectivity index (χ3n) is 4.96. The minimum atomic E-state index is -3.46. The summed E-state index contributed by atoms with van der Waals surface area (Å²) in [6, 6.07) is 2.06. The number of sulfonamides is 1. The summed E-state index contributed by atoms with van der Waals surface area (Å²) in [5.41, 5.74) is 3.76. The number of hydrogen-bond donors (Lipinski definition) is 1. The highest BCUT2D eigenvalue weighted by Crippen LogP contribution is 2.26. The normalized spacial score (nSPS) is 17.6. The molecule has 1 unspecified atom stereocenters. The molecule has 1 atom stereocenters. The van der Waals surface area contributed by atoms with E-state index in [4.69, 9.17) is 0 Å². The van der Waals surface area contributed by atoms with E-state index in [0.717, 1.165) is 41.9 Å². The van der Waals surface area contributed by atoms with E-state index in [1.165, 1.54) is 12.8 Å². The molecule has 0 spiro atoms. The Hall–Kier alpha value is -0.910. The van der Waals surface area contributed by atoms with Crippen LogP contribution in [0.25, 0.3) is 0 Å². The second-order valence-corrected chi connectivity index (χ2v) is 8.76. The van der Waals surface area contributed by atoms with Gasteiger partial charge < -0.3 is 4.90 Å². The Morgan fingerprint density at radius 1 is 1.09 bits per heavy atom. The molecule has 0 aromatic heterocycles. The van der Waals surface area contributed by atoms with Crippen LogP contribution >= 0.6 is 0 Å². The maximum absolute atomic E-state index is 12.8. The molecule has 0 radical (unpaired) electrons. The molecular weight excluding hydrogens is 308 g/mol. The second kappa shape index (κ2) is 7.32. The highest BCUT2D eigenvalue weighted by atomic mass is 32.2. The van der Waals surface area contributed by atoms with Crippen molar-refractivity contribution < 1.29 is 8.42 Å². The van der Waals surface area contributed by atoms with Crippen molar-refractivity contribution in [3.8, 4) is 0 Å². The first-order valence-corrected chi connectivity index (χ1v) is 10.00. The highest BCUT2D eigenvalue weighted by Gasteiger charge is 2.23. The summed E-state index contributed by atoms with van der Waals surface area (Å²) in [6.07, 6.45) is 2.53. The summed E-state index contributed by atoms with van der Waals surface area (Å²) in [5.74, 6) is 0.314. The van der Waals surface area contributed by atoms with E-state index in [-0.39, 0.29) is 0 Å². The minimum Gasteiger partial charge on any atom is -0.303 e. The largest absolute Gasteiger partial charge is 0.303 e. The van der Waals surface area contributed by atoms with Gasteiger partial charge in [0.05, 0.1) is 4.90 Å². The topological polar surface area (TPSA) is 49.4 Å². The van der Waals surface area contributed by atoms with Crippen LogP contribution in [0.5, 0.6) is 0 Å². The van der Waals surface area contributed by atoms with Gasteiger partial charge in [0, 0.05) is 13.1 Å². The van der Waals surface area contributed by atoms with Crippen LogP contribution in [0, 0.1) is 33.6 Å². The van der Waals surface area contributed by atoms with E-state index in [1.807, 2.05) is 27.7 Å². The molecule has 1 N–H and O–H groups in total. The summed E-state index contributed by atoms with van der Waals surface area (Å²) in [7, 11) is -3.46. The predicted octanol–water partition coefficient (Wildman–Crippen LogP) is 2.93. The predicted molar refractivity (Wildman–Crippen MR) is 95.4 cm³/mol. The lowest BCUT2D eigenvalue weighted by Crippen LogP contribution is -2.35. The fraction of sp³-hybridized carbons (Fsp3) is 0.667. The van der Waals surface area contributed by atoms with Crippen LogP contribution in [0.2, 0.25) is 0 Å². The molecule has 5 heteroatoms. The maximum atomic E-state index is 12.8. The molecule has 1 heterocycles. The van der Waals surface area contributed by atoms with Gasteiger partial charge in [0.2, 0.25) is 10.0 Å². The molecule has 1 fully saturated rings. The second-order valence-electron chi connectivity index (χ2n) is 7.05. The van der Waals surface area contributed by atoms with Crippen LogP contribution in [0.4, 0.5) is 0 Å². The fourth-order valence-electron chi connectivity index (χ4n) is 3.38. The van der Waals surface area contributed by atoms with Gasteiger partial charge in [0.15, 0.2) is 0 Å². The number of likely N-dealkylation sites (tertiary alicyclic amines) is 1. The van der Waals surface area contributed by atoms with Crippen molar-refractivity contribution >= 4 is 10.0 Å². The van der Waals surface area contributed by atoms with Crippen molar-refractivity contribution in [3.63, 3.8) is 0 Å². The van der Waals surface area contributed by atoms with E-state index in [9.17, 15) is 8.42 Å². The summed E-state index contributed by atoms with van der Waals surface area (Å²) >= 11 is 0. The summed E-state index contributed by atoms with van der Waals surface area (Å²) in [6.45, 7) is 13.6. The van der Waals surface area contributed by atoms with Gasteiger partial charge in [-0.1, -0.05) is 13.0 Å². The van der Waals surface area contributed by atoms with E-state index in [1.54, 1.807) is 0 Å². The van der Waals surface area contributed by atoms with Crippen LogP contribution in [0.1, 0.15) is 42.0 Å². The molecule has 2 rings (SSSR count). The zero-order valence-electron chi connectivity index (χ0n) is 15.1. The molecule has 0 bridgehead atoms. The van der Waals surface area contributed by atoms with Crippen molar-refractivity contribution in [2.24, 2.45) is 5.92 Å². The number of rotatable bonds is 6. The SMILES string of the molecule is Cc1cc(C)c(C)c(S(=O)(=O)NCC(C)CN2CCCC2)c1C. The Labute approximate surface area is 141 Å². The molecular formula is C18H30N2O2S. The average molecular weight is 339 g/mol. The van der Waals surface area contributed by atoms with Gasteiger partial charge >= 0.3 is 0 Å². The molecule has 1 aliphatic heterocycles. The van der Waals surface area contributed by atoms with Crippen molar-refractivity contribution in [1.29, 1.82) is 0 Å². The summed E-state index contributed by atoms with van der Waals surface area (Å²) < 4.78 is 28.4. The van der Waals surface area contributed by atoms with Crippen molar-refractivity contribution in [1.82, 2.24) is 9.62 Å². The van der Waals surface area contributed by atoms with Crippen LogP contribution in [0.3, 0.4) is 0 Å².